The largest absolute Gasteiger partial charge is 0.351 e. The van der Waals surface area contributed by atoms with Crippen molar-refractivity contribution in [1.29, 1.82) is 0 Å². The van der Waals surface area contributed by atoms with Gasteiger partial charge in [-0.1, -0.05) is 13.8 Å². The lowest BCUT2D eigenvalue weighted by atomic mass is 10.1. The topological polar surface area (TPSA) is 110 Å². The van der Waals surface area contributed by atoms with Crippen LogP contribution in [0.15, 0.2) is 29.2 Å². The fourth-order valence-electron chi connectivity index (χ4n) is 2.11. The molecule has 0 aromatic heterocycles. The highest BCUT2D eigenvalue weighted by atomic mass is 32.2. The summed E-state index contributed by atoms with van der Waals surface area (Å²) in [5, 5.41) is 0.351. The number of benzene rings is 1. The van der Waals surface area contributed by atoms with Gasteiger partial charge in [0, 0.05) is 12.8 Å². The first kappa shape index (κ1) is 19.0. The lowest BCUT2D eigenvalue weighted by molar-refractivity contribution is -0.199. The number of sulfonamides is 1. The van der Waals surface area contributed by atoms with Gasteiger partial charge >= 0.3 is 5.97 Å². The zero-order valence-electron chi connectivity index (χ0n) is 13.6. The molecule has 1 aromatic carbocycles. The number of rotatable bonds is 6. The molecule has 0 saturated carbocycles. The highest BCUT2D eigenvalue weighted by Gasteiger charge is 2.37. The summed E-state index contributed by atoms with van der Waals surface area (Å²) in [6, 6.07) is 2.70. The lowest BCUT2D eigenvalue weighted by Crippen LogP contribution is -2.48. The maximum atomic E-state index is 12.9. The summed E-state index contributed by atoms with van der Waals surface area (Å²) >= 11 is 0. The van der Waals surface area contributed by atoms with E-state index in [0.29, 0.717) is 5.06 Å². The monoisotopic (exact) mass is 372 g/mol. The van der Waals surface area contributed by atoms with Crippen LogP contribution in [0.5, 0.6) is 0 Å². The van der Waals surface area contributed by atoms with Crippen LogP contribution in [0.25, 0.3) is 0 Å². The van der Waals surface area contributed by atoms with E-state index in [4.69, 9.17) is 4.84 Å². The number of hydroxylamine groups is 2. The average molecular weight is 372 g/mol. The minimum atomic E-state index is -4.13. The Morgan fingerprint density at radius 3 is 2.16 bits per heavy atom. The molecule has 8 nitrogen and oxygen atoms in total. The van der Waals surface area contributed by atoms with Crippen molar-refractivity contribution in [3.8, 4) is 0 Å². The smallest absolute Gasteiger partial charge is 0.329 e. The Bertz CT molecular complexity index is 775. The van der Waals surface area contributed by atoms with E-state index in [1.165, 1.54) is 0 Å². The Labute approximate surface area is 143 Å². The van der Waals surface area contributed by atoms with E-state index in [1.807, 2.05) is 0 Å². The molecule has 1 aliphatic rings. The maximum Gasteiger partial charge on any atom is 0.351 e. The SMILES string of the molecule is CC(C)[C@@H](NS(=O)(=O)c1ccc(F)cc1)C(=O)ON1C(=O)CCC1=O. The van der Waals surface area contributed by atoms with E-state index in [0.717, 1.165) is 24.3 Å². The summed E-state index contributed by atoms with van der Waals surface area (Å²) in [7, 11) is -4.13. The van der Waals surface area contributed by atoms with Crippen LogP contribution in [0.3, 0.4) is 0 Å². The van der Waals surface area contributed by atoms with Crippen molar-refractivity contribution < 1.29 is 32.0 Å². The maximum absolute atomic E-state index is 12.9. The number of amides is 2. The second-order valence-electron chi connectivity index (χ2n) is 5.79. The molecule has 1 heterocycles. The number of nitrogens with zero attached hydrogens (tertiary/aromatic N) is 1. The van der Waals surface area contributed by atoms with Crippen molar-refractivity contribution in [3.05, 3.63) is 30.1 Å². The molecule has 1 atom stereocenters. The number of carbonyl (C=O) groups excluding carboxylic acids is 3. The molecule has 25 heavy (non-hydrogen) atoms. The summed E-state index contributed by atoms with van der Waals surface area (Å²) in [4.78, 5) is 39.8. The predicted octanol–water partition coefficient (Wildman–Crippen LogP) is 0.736. The third-order valence-electron chi connectivity index (χ3n) is 3.51. The summed E-state index contributed by atoms with van der Waals surface area (Å²) in [5.41, 5.74) is 0. The molecule has 10 heteroatoms. The Balaban J connectivity index is 2.17. The summed E-state index contributed by atoms with van der Waals surface area (Å²) in [6.07, 6.45) is -0.139. The van der Waals surface area contributed by atoms with Gasteiger partial charge in [-0.05, 0) is 30.2 Å². The van der Waals surface area contributed by atoms with E-state index in [-0.39, 0.29) is 17.7 Å². The van der Waals surface area contributed by atoms with Crippen molar-refractivity contribution in [2.45, 2.75) is 37.6 Å². The zero-order valence-corrected chi connectivity index (χ0v) is 14.4. The van der Waals surface area contributed by atoms with Gasteiger partial charge in [-0.2, -0.15) is 4.72 Å². The van der Waals surface area contributed by atoms with Crippen molar-refractivity contribution in [1.82, 2.24) is 9.79 Å². The quantitative estimate of drug-likeness (QED) is 0.738. The van der Waals surface area contributed by atoms with Crippen molar-refractivity contribution in [2.75, 3.05) is 0 Å². The van der Waals surface area contributed by atoms with Gasteiger partial charge in [0.15, 0.2) is 0 Å². The molecular weight excluding hydrogens is 355 g/mol. The molecule has 0 aliphatic carbocycles. The van der Waals surface area contributed by atoms with E-state index >= 15 is 0 Å². The minimum Gasteiger partial charge on any atom is -0.329 e. The Kier molecular flexibility index (Phi) is 5.53. The third-order valence-corrected chi connectivity index (χ3v) is 4.97. The van der Waals surface area contributed by atoms with Gasteiger partial charge < -0.3 is 4.84 Å². The van der Waals surface area contributed by atoms with Crippen LogP contribution >= 0.6 is 0 Å². The molecule has 2 amide bonds. The second kappa shape index (κ2) is 7.28. The van der Waals surface area contributed by atoms with Crippen LogP contribution in [0.1, 0.15) is 26.7 Å². The van der Waals surface area contributed by atoms with Gasteiger partial charge in [0.05, 0.1) is 4.90 Å². The molecular formula is C15H17FN2O6S. The second-order valence-corrected chi connectivity index (χ2v) is 7.50. The first-order valence-electron chi connectivity index (χ1n) is 7.47. The molecule has 0 radical (unpaired) electrons. The average Bonchev–Trinajstić information content (AvgIpc) is 2.84. The standard InChI is InChI=1S/C15H17FN2O6S/c1-9(2)14(15(21)24-18-12(19)7-8-13(18)20)17-25(22,23)11-5-3-10(16)4-6-11/h3-6,9,14,17H,7-8H2,1-2H3/t14-/m1/s1. The molecule has 1 N–H and O–H groups in total. The van der Waals surface area contributed by atoms with Crippen LogP contribution in [-0.4, -0.2) is 37.3 Å². The molecule has 136 valence electrons. The highest BCUT2D eigenvalue weighted by Crippen LogP contribution is 2.17. The van der Waals surface area contributed by atoms with Crippen LogP contribution in [0.2, 0.25) is 0 Å². The minimum absolute atomic E-state index is 0.0697. The number of imide groups is 1. The van der Waals surface area contributed by atoms with Crippen LogP contribution in [0, 0.1) is 11.7 Å². The number of halogens is 1. The molecule has 0 bridgehead atoms. The van der Waals surface area contributed by atoms with Gasteiger partial charge in [-0.15, -0.1) is 5.06 Å². The van der Waals surface area contributed by atoms with Crippen LogP contribution in [0.4, 0.5) is 4.39 Å². The van der Waals surface area contributed by atoms with Gasteiger partial charge in [0.1, 0.15) is 11.9 Å². The number of carbonyl (C=O) groups is 3. The van der Waals surface area contributed by atoms with E-state index in [9.17, 15) is 27.2 Å². The van der Waals surface area contributed by atoms with Crippen LogP contribution < -0.4 is 4.72 Å². The Hall–Kier alpha value is -2.33. The van der Waals surface area contributed by atoms with E-state index < -0.39 is 45.6 Å². The number of hydrogen-bond acceptors (Lipinski definition) is 6. The van der Waals surface area contributed by atoms with Gasteiger partial charge in [-0.25, -0.2) is 17.6 Å². The van der Waals surface area contributed by atoms with Crippen molar-refractivity contribution >= 4 is 27.8 Å². The first-order chi connectivity index (χ1) is 11.6. The molecule has 0 unspecified atom stereocenters. The third kappa shape index (κ3) is 4.40. The highest BCUT2D eigenvalue weighted by molar-refractivity contribution is 7.89. The lowest BCUT2D eigenvalue weighted by Gasteiger charge is -2.22. The summed E-state index contributed by atoms with van der Waals surface area (Å²) < 4.78 is 39.8. The molecule has 1 saturated heterocycles. The Morgan fingerprint density at radius 2 is 1.68 bits per heavy atom. The Morgan fingerprint density at radius 1 is 1.16 bits per heavy atom. The normalized spacial score (nSPS) is 16.4. The predicted molar refractivity (Wildman–Crippen MR) is 82.5 cm³/mol. The molecule has 0 spiro atoms. The van der Waals surface area contributed by atoms with Gasteiger partial charge in [0.25, 0.3) is 11.8 Å². The fourth-order valence-corrected chi connectivity index (χ4v) is 3.44. The molecule has 1 fully saturated rings. The molecule has 1 aromatic rings. The van der Waals surface area contributed by atoms with E-state index in [1.54, 1.807) is 13.8 Å². The van der Waals surface area contributed by atoms with Crippen molar-refractivity contribution in [2.24, 2.45) is 5.92 Å². The molecule has 2 rings (SSSR count). The van der Waals surface area contributed by atoms with E-state index in [2.05, 4.69) is 4.72 Å². The summed E-state index contributed by atoms with van der Waals surface area (Å²) in [6.45, 7) is 3.12. The van der Waals surface area contributed by atoms with Crippen LogP contribution in [-0.2, 0) is 29.2 Å². The molecule has 1 aliphatic heterocycles. The number of nitrogens with one attached hydrogen (secondary N) is 1. The number of hydrogen-bond donors (Lipinski definition) is 1. The van der Waals surface area contributed by atoms with Gasteiger partial charge in [0.2, 0.25) is 10.0 Å². The zero-order chi connectivity index (χ0) is 18.8. The fraction of sp³-hybridized carbons (Fsp3) is 0.400. The first-order valence-corrected chi connectivity index (χ1v) is 8.95. The van der Waals surface area contributed by atoms with Gasteiger partial charge in [-0.3, -0.25) is 9.59 Å². The van der Waals surface area contributed by atoms with Crippen molar-refractivity contribution in [3.63, 3.8) is 0 Å². The summed E-state index contributed by atoms with van der Waals surface area (Å²) in [5.74, 6) is -3.55.